The minimum atomic E-state index is -3.35. The van der Waals surface area contributed by atoms with Crippen LogP contribution in [0.1, 0.15) is 12.8 Å². The van der Waals surface area contributed by atoms with Crippen LogP contribution in [0.2, 0.25) is 0 Å². The SMILES string of the molecule is CS(=O)(=O)N1CCN(C2CCOCC2)C[C@H](C(=O)O)C1. The van der Waals surface area contributed by atoms with Gasteiger partial charge in [-0.05, 0) is 12.8 Å². The number of carbonyl (C=O) groups is 1. The Morgan fingerprint density at radius 2 is 1.85 bits per heavy atom. The van der Waals surface area contributed by atoms with Gasteiger partial charge in [-0.3, -0.25) is 9.69 Å². The third-order valence-corrected chi connectivity index (χ3v) is 5.31. The first kappa shape index (κ1) is 15.7. The van der Waals surface area contributed by atoms with Gasteiger partial charge in [0.05, 0.1) is 12.2 Å². The van der Waals surface area contributed by atoms with E-state index >= 15 is 0 Å². The second-order valence-electron chi connectivity index (χ2n) is 5.49. The van der Waals surface area contributed by atoms with Gasteiger partial charge in [0.2, 0.25) is 10.0 Å². The third kappa shape index (κ3) is 3.91. The Labute approximate surface area is 119 Å². The molecule has 2 heterocycles. The number of hydrogen-bond donors (Lipinski definition) is 1. The molecular formula is C12H22N2O5S. The lowest BCUT2D eigenvalue weighted by molar-refractivity contribution is -0.142. The molecule has 0 aromatic heterocycles. The van der Waals surface area contributed by atoms with Gasteiger partial charge in [0.1, 0.15) is 0 Å². The highest BCUT2D eigenvalue weighted by molar-refractivity contribution is 7.88. The first-order valence-corrected chi connectivity index (χ1v) is 8.72. The van der Waals surface area contributed by atoms with Crippen LogP contribution in [0.15, 0.2) is 0 Å². The van der Waals surface area contributed by atoms with Crippen molar-refractivity contribution in [2.45, 2.75) is 18.9 Å². The number of aliphatic carboxylic acids is 1. The van der Waals surface area contributed by atoms with Gasteiger partial charge in [-0.25, -0.2) is 8.42 Å². The fraction of sp³-hybridized carbons (Fsp3) is 0.917. The zero-order valence-electron chi connectivity index (χ0n) is 11.7. The van der Waals surface area contributed by atoms with Crippen LogP contribution in [0.3, 0.4) is 0 Å². The van der Waals surface area contributed by atoms with Crippen LogP contribution in [-0.2, 0) is 19.6 Å². The zero-order valence-corrected chi connectivity index (χ0v) is 12.5. The van der Waals surface area contributed by atoms with Gasteiger partial charge in [0, 0.05) is 45.4 Å². The van der Waals surface area contributed by atoms with E-state index in [2.05, 4.69) is 4.90 Å². The maximum atomic E-state index is 11.7. The minimum Gasteiger partial charge on any atom is -0.481 e. The Hall–Kier alpha value is -0.700. The summed E-state index contributed by atoms with van der Waals surface area (Å²) in [7, 11) is -3.35. The van der Waals surface area contributed by atoms with Crippen LogP contribution < -0.4 is 0 Å². The number of hydrogen-bond acceptors (Lipinski definition) is 5. The number of nitrogens with zero attached hydrogens (tertiary/aromatic N) is 2. The molecule has 2 saturated heterocycles. The molecule has 1 N–H and O–H groups in total. The van der Waals surface area contributed by atoms with Crippen molar-refractivity contribution in [1.82, 2.24) is 9.21 Å². The van der Waals surface area contributed by atoms with E-state index in [0.29, 0.717) is 38.9 Å². The third-order valence-electron chi connectivity index (χ3n) is 4.04. The molecule has 0 saturated carbocycles. The van der Waals surface area contributed by atoms with Crippen molar-refractivity contribution >= 4 is 16.0 Å². The summed E-state index contributed by atoms with van der Waals surface area (Å²) < 4.78 is 30.0. The fourth-order valence-corrected chi connectivity index (χ4v) is 3.71. The highest BCUT2D eigenvalue weighted by Gasteiger charge is 2.34. The number of carboxylic acid groups (broad SMARTS) is 1. The smallest absolute Gasteiger partial charge is 0.309 e. The average Bonchev–Trinajstić information content (AvgIpc) is 2.62. The Morgan fingerprint density at radius 3 is 2.40 bits per heavy atom. The molecule has 0 aliphatic carbocycles. The number of rotatable bonds is 3. The molecule has 7 nitrogen and oxygen atoms in total. The summed E-state index contributed by atoms with van der Waals surface area (Å²) in [6.45, 7) is 2.80. The van der Waals surface area contributed by atoms with E-state index in [-0.39, 0.29) is 6.54 Å². The molecule has 2 aliphatic heterocycles. The lowest BCUT2D eigenvalue weighted by atomic mass is 10.0. The Bertz CT molecular complexity index is 447. The molecule has 0 aromatic rings. The van der Waals surface area contributed by atoms with Crippen molar-refractivity contribution in [3.63, 3.8) is 0 Å². The molecule has 0 amide bonds. The molecule has 2 aliphatic rings. The van der Waals surface area contributed by atoms with Gasteiger partial charge in [-0.15, -0.1) is 0 Å². The van der Waals surface area contributed by atoms with Gasteiger partial charge >= 0.3 is 5.97 Å². The van der Waals surface area contributed by atoms with Gasteiger partial charge in [-0.1, -0.05) is 0 Å². The maximum Gasteiger partial charge on any atom is 0.309 e. The van der Waals surface area contributed by atoms with E-state index in [1.807, 2.05) is 0 Å². The summed E-state index contributed by atoms with van der Waals surface area (Å²) in [5, 5.41) is 9.29. The monoisotopic (exact) mass is 306 g/mol. The lowest BCUT2D eigenvalue weighted by Crippen LogP contribution is -2.43. The number of sulfonamides is 1. The molecule has 0 unspecified atom stereocenters. The lowest BCUT2D eigenvalue weighted by Gasteiger charge is -2.34. The quantitative estimate of drug-likeness (QED) is 0.752. The van der Waals surface area contributed by atoms with E-state index in [0.717, 1.165) is 19.1 Å². The van der Waals surface area contributed by atoms with Crippen molar-refractivity contribution in [3.05, 3.63) is 0 Å². The van der Waals surface area contributed by atoms with Crippen LogP contribution in [0.4, 0.5) is 0 Å². The van der Waals surface area contributed by atoms with Crippen molar-refractivity contribution in [2.24, 2.45) is 5.92 Å². The maximum absolute atomic E-state index is 11.7. The highest BCUT2D eigenvalue weighted by atomic mass is 32.2. The normalized spacial score (nSPS) is 28.1. The van der Waals surface area contributed by atoms with Crippen molar-refractivity contribution < 1.29 is 23.1 Å². The molecule has 0 aromatic carbocycles. The van der Waals surface area contributed by atoms with E-state index < -0.39 is 21.9 Å². The van der Waals surface area contributed by atoms with Crippen molar-refractivity contribution in [2.75, 3.05) is 45.6 Å². The highest BCUT2D eigenvalue weighted by Crippen LogP contribution is 2.20. The second kappa shape index (κ2) is 6.38. The Morgan fingerprint density at radius 1 is 1.20 bits per heavy atom. The van der Waals surface area contributed by atoms with Crippen molar-refractivity contribution in [3.8, 4) is 0 Å². The molecular weight excluding hydrogens is 284 g/mol. The van der Waals surface area contributed by atoms with Gasteiger partial charge < -0.3 is 9.84 Å². The summed E-state index contributed by atoms with van der Waals surface area (Å²) in [5.41, 5.74) is 0. The summed E-state index contributed by atoms with van der Waals surface area (Å²) in [5.74, 6) is -1.60. The number of ether oxygens (including phenoxy) is 1. The van der Waals surface area contributed by atoms with Crippen LogP contribution in [0, 0.1) is 5.92 Å². The largest absolute Gasteiger partial charge is 0.481 e. The molecule has 1 atom stereocenters. The molecule has 2 rings (SSSR count). The van der Waals surface area contributed by atoms with Crippen LogP contribution in [0.5, 0.6) is 0 Å². The molecule has 8 heteroatoms. The van der Waals surface area contributed by atoms with Gasteiger partial charge in [-0.2, -0.15) is 4.31 Å². The predicted molar refractivity (Wildman–Crippen MR) is 73.0 cm³/mol. The van der Waals surface area contributed by atoms with Crippen LogP contribution in [-0.4, -0.2) is 80.4 Å². The van der Waals surface area contributed by atoms with Gasteiger partial charge in [0.15, 0.2) is 0 Å². The Balaban J connectivity index is 2.11. The Kier molecular flexibility index (Phi) is 5.00. The summed E-state index contributed by atoms with van der Waals surface area (Å²) in [6.07, 6.45) is 2.90. The summed E-state index contributed by atoms with van der Waals surface area (Å²) in [4.78, 5) is 13.5. The van der Waals surface area contributed by atoms with E-state index in [1.165, 1.54) is 4.31 Å². The van der Waals surface area contributed by atoms with Crippen molar-refractivity contribution in [1.29, 1.82) is 0 Å². The molecule has 0 radical (unpaired) electrons. The second-order valence-corrected chi connectivity index (χ2v) is 7.48. The first-order valence-electron chi connectivity index (χ1n) is 6.87. The van der Waals surface area contributed by atoms with Gasteiger partial charge in [0.25, 0.3) is 0 Å². The average molecular weight is 306 g/mol. The molecule has 116 valence electrons. The number of carboxylic acids is 1. The standard InChI is InChI=1S/C12H22N2O5S/c1-20(17,18)14-5-4-13(8-10(9-14)12(15)16)11-2-6-19-7-3-11/h10-11H,2-9H2,1H3,(H,15,16)/t10-/m0/s1. The summed E-state index contributed by atoms with van der Waals surface area (Å²) in [6, 6.07) is 0.296. The topological polar surface area (TPSA) is 87.2 Å². The molecule has 20 heavy (non-hydrogen) atoms. The molecule has 0 spiro atoms. The first-order chi connectivity index (χ1) is 9.38. The van der Waals surface area contributed by atoms with E-state index in [9.17, 15) is 18.3 Å². The van der Waals surface area contributed by atoms with Crippen LogP contribution >= 0.6 is 0 Å². The fourth-order valence-electron chi connectivity index (χ4n) is 2.85. The summed E-state index contributed by atoms with van der Waals surface area (Å²) >= 11 is 0. The predicted octanol–water partition coefficient (Wildman–Crippen LogP) is -0.557. The zero-order chi connectivity index (χ0) is 14.8. The van der Waals surface area contributed by atoms with Crippen LogP contribution in [0.25, 0.3) is 0 Å². The minimum absolute atomic E-state index is 0.0634. The molecule has 2 fully saturated rings. The van der Waals surface area contributed by atoms with E-state index in [4.69, 9.17) is 4.74 Å². The van der Waals surface area contributed by atoms with E-state index in [1.54, 1.807) is 0 Å². The molecule has 0 bridgehead atoms.